The van der Waals surface area contributed by atoms with Gasteiger partial charge in [0.1, 0.15) is 0 Å². The number of para-hydroxylation sites is 1. The lowest BCUT2D eigenvalue weighted by Gasteiger charge is -2.16. The van der Waals surface area contributed by atoms with Crippen LogP contribution in [-0.2, 0) is 0 Å². The number of hydrogen-bond donors (Lipinski definition) is 1. The zero-order valence-corrected chi connectivity index (χ0v) is 11.0. The quantitative estimate of drug-likeness (QED) is 0.914. The van der Waals surface area contributed by atoms with Crippen LogP contribution in [0.1, 0.15) is 24.2 Å². The molecular weight excluding hydrogens is 238 g/mol. The smallest absolute Gasteiger partial charge is 0.253 e. The highest BCUT2D eigenvalue weighted by molar-refractivity contribution is 6.05. The van der Waals surface area contributed by atoms with Crippen molar-refractivity contribution in [2.24, 2.45) is 5.41 Å². The molecule has 0 atom stereocenters. The minimum absolute atomic E-state index is 0.201. The first kappa shape index (κ1) is 13.0. The van der Waals surface area contributed by atoms with Crippen molar-refractivity contribution in [2.45, 2.75) is 13.8 Å². The van der Waals surface area contributed by atoms with Crippen LogP contribution in [0.2, 0.25) is 0 Å². The van der Waals surface area contributed by atoms with Crippen LogP contribution < -0.4 is 5.32 Å². The van der Waals surface area contributed by atoms with E-state index in [1.54, 1.807) is 26.1 Å². The number of carbonyl (C=O) groups excluding carboxylic acids is 1. The van der Waals surface area contributed by atoms with Gasteiger partial charge in [-0.1, -0.05) is 18.2 Å². The molecule has 0 unspecified atom stereocenters. The summed E-state index contributed by atoms with van der Waals surface area (Å²) in [5.41, 5.74) is 0.636. The number of nitriles is 1. The summed E-state index contributed by atoms with van der Waals surface area (Å²) in [6.07, 6.45) is 1.67. The van der Waals surface area contributed by atoms with Crippen LogP contribution in [0.3, 0.4) is 0 Å². The van der Waals surface area contributed by atoms with Gasteiger partial charge in [0.15, 0.2) is 0 Å². The van der Waals surface area contributed by atoms with Gasteiger partial charge >= 0.3 is 0 Å². The number of nitrogens with one attached hydrogen (secondary N) is 1. The molecule has 1 heterocycles. The normalized spacial score (nSPS) is 11.0. The Morgan fingerprint density at radius 3 is 2.84 bits per heavy atom. The molecule has 0 spiro atoms. The monoisotopic (exact) mass is 253 g/mol. The van der Waals surface area contributed by atoms with Crippen LogP contribution in [0.5, 0.6) is 0 Å². The number of fused-ring (bicyclic) bond motifs is 1. The van der Waals surface area contributed by atoms with Crippen LogP contribution in [0.15, 0.2) is 36.5 Å². The Balaban J connectivity index is 2.26. The van der Waals surface area contributed by atoms with E-state index < -0.39 is 5.41 Å². The fourth-order valence-electron chi connectivity index (χ4n) is 1.72. The molecule has 19 heavy (non-hydrogen) atoms. The first-order valence-electron chi connectivity index (χ1n) is 6.07. The molecule has 1 aromatic carbocycles. The number of rotatable bonds is 3. The van der Waals surface area contributed by atoms with E-state index in [0.717, 1.165) is 5.39 Å². The van der Waals surface area contributed by atoms with E-state index in [2.05, 4.69) is 16.4 Å². The van der Waals surface area contributed by atoms with Crippen molar-refractivity contribution in [3.63, 3.8) is 0 Å². The lowest BCUT2D eigenvalue weighted by Crippen LogP contribution is -2.33. The molecule has 2 rings (SSSR count). The molecule has 1 amide bonds. The third-order valence-electron chi connectivity index (χ3n) is 2.87. The Hall–Kier alpha value is -2.41. The van der Waals surface area contributed by atoms with E-state index in [0.29, 0.717) is 17.6 Å². The highest BCUT2D eigenvalue weighted by Gasteiger charge is 2.19. The topological polar surface area (TPSA) is 65.8 Å². The van der Waals surface area contributed by atoms with Crippen molar-refractivity contribution in [3.05, 3.63) is 42.1 Å². The van der Waals surface area contributed by atoms with Crippen LogP contribution in [0.25, 0.3) is 10.9 Å². The minimum Gasteiger partial charge on any atom is -0.350 e. The second kappa shape index (κ2) is 5.07. The summed E-state index contributed by atoms with van der Waals surface area (Å²) in [6, 6.07) is 11.4. The summed E-state index contributed by atoms with van der Waals surface area (Å²) in [5.74, 6) is -0.201. The van der Waals surface area contributed by atoms with Gasteiger partial charge in [-0.3, -0.25) is 9.78 Å². The molecule has 0 aliphatic rings. The molecule has 0 saturated carbocycles. The Labute approximate surface area is 112 Å². The molecule has 0 fully saturated rings. The van der Waals surface area contributed by atoms with Crippen LogP contribution >= 0.6 is 0 Å². The van der Waals surface area contributed by atoms with Gasteiger partial charge in [-0.15, -0.1) is 0 Å². The zero-order valence-electron chi connectivity index (χ0n) is 11.0. The fourth-order valence-corrected chi connectivity index (χ4v) is 1.72. The molecule has 96 valence electrons. The third kappa shape index (κ3) is 2.89. The molecule has 0 saturated heterocycles. The number of aromatic nitrogens is 1. The summed E-state index contributed by atoms with van der Waals surface area (Å²) in [7, 11) is 0. The van der Waals surface area contributed by atoms with E-state index in [1.165, 1.54) is 0 Å². The number of pyridine rings is 1. The third-order valence-corrected chi connectivity index (χ3v) is 2.87. The van der Waals surface area contributed by atoms with E-state index in [9.17, 15) is 4.79 Å². The van der Waals surface area contributed by atoms with Crippen LogP contribution in [-0.4, -0.2) is 17.4 Å². The molecule has 1 N–H and O–H groups in total. The van der Waals surface area contributed by atoms with E-state index in [1.807, 2.05) is 24.3 Å². The minimum atomic E-state index is -0.576. The number of amides is 1. The molecule has 0 aliphatic heterocycles. The maximum atomic E-state index is 12.2. The van der Waals surface area contributed by atoms with Gasteiger partial charge in [0.05, 0.1) is 22.6 Å². The summed E-state index contributed by atoms with van der Waals surface area (Å²) in [4.78, 5) is 16.4. The van der Waals surface area contributed by atoms with Gasteiger partial charge in [0, 0.05) is 18.1 Å². The SMILES string of the molecule is CC(C)(C#N)CNC(=O)c1cccc2cccnc12. The van der Waals surface area contributed by atoms with Crippen molar-refractivity contribution >= 4 is 16.8 Å². The zero-order chi connectivity index (χ0) is 13.9. The Bertz CT molecular complexity index is 650. The summed E-state index contributed by atoms with van der Waals surface area (Å²) < 4.78 is 0. The average molecular weight is 253 g/mol. The van der Waals surface area contributed by atoms with Crippen molar-refractivity contribution in [3.8, 4) is 6.07 Å². The van der Waals surface area contributed by atoms with Gasteiger partial charge in [0.2, 0.25) is 0 Å². The van der Waals surface area contributed by atoms with Gasteiger partial charge in [-0.05, 0) is 26.0 Å². The fraction of sp³-hybridized carbons (Fsp3) is 0.267. The van der Waals surface area contributed by atoms with Gasteiger partial charge in [-0.25, -0.2) is 0 Å². The largest absolute Gasteiger partial charge is 0.350 e. The molecule has 4 nitrogen and oxygen atoms in total. The highest BCUT2D eigenvalue weighted by Crippen LogP contribution is 2.16. The van der Waals surface area contributed by atoms with Crippen molar-refractivity contribution in [1.29, 1.82) is 5.26 Å². The molecule has 4 heteroatoms. The van der Waals surface area contributed by atoms with Crippen molar-refractivity contribution < 1.29 is 4.79 Å². The van der Waals surface area contributed by atoms with Crippen LogP contribution in [0.4, 0.5) is 0 Å². The van der Waals surface area contributed by atoms with Gasteiger partial charge in [-0.2, -0.15) is 5.26 Å². The number of nitrogens with zero attached hydrogens (tertiary/aromatic N) is 2. The Kier molecular flexibility index (Phi) is 3.48. The molecule has 2 aromatic rings. The summed E-state index contributed by atoms with van der Waals surface area (Å²) in [6.45, 7) is 3.88. The van der Waals surface area contributed by atoms with E-state index in [-0.39, 0.29) is 5.91 Å². The molecule has 0 radical (unpaired) electrons. The second-order valence-electron chi connectivity index (χ2n) is 5.06. The van der Waals surface area contributed by atoms with Crippen LogP contribution in [0, 0.1) is 16.7 Å². The standard InChI is InChI=1S/C15H15N3O/c1-15(2,9-16)10-18-14(19)12-7-3-5-11-6-4-8-17-13(11)12/h3-8H,10H2,1-2H3,(H,18,19). The predicted octanol–water partition coefficient (Wildman–Crippen LogP) is 2.51. The molecule has 1 aromatic heterocycles. The highest BCUT2D eigenvalue weighted by atomic mass is 16.1. The van der Waals surface area contributed by atoms with Gasteiger partial charge in [0.25, 0.3) is 5.91 Å². The molecule has 0 aliphatic carbocycles. The predicted molar refractivity (Wildman–Crippen MR) is 73.5 cm³/mol. The Morgan fingerprint density at radius 2 is 2.11 bits per heavy atom. The van der Waals surface area contributed by atoms with Crippen molar-refractivity contribution in [2.75, 3.05) is 6.54 Å². The van der Waals surface area contributed by atoms with Crippen molar-refractivity contribution in [1.82, 2.24) is 10.3 Å². The average Bonchev–Trinajstić information content (AvgIpc) is 2.44. The lowest BCUT2D eigenvalue weighted by atomic mass is 9.96. The number of benzene rings is 1. The first-order chi connectivity index (χ1) is 9.03. The molecule has 0 bridgehead atoms. The van der Waals surface area contributed by atoms with Gasteiger partial charge < -0.3 is 5.32 Å². The maximum absolute atomic E-state index is 12.2. The number of hydrogen-bond acceptors (Lipinski definition) is 3. The van der Waals surface area contributed by atoms with E-state index >= 15 is 0 Å². The summed E-state index contributed by atoms with van der Waals surface area (Å²) in [5, 5.41) is 12.6. The second-order valence-corrected chi connectivity index (χ2v) is 5.06. The Morgan fingerprint density at radius 1 is 1.37 bits per heavy atom. The maximum Gasteiger partial charge on any atom is 0.253 e. The molecular formula is C15H15N3O. The summed E-state index contributed by atoms with van der Waals surface area (Å²) >= 11 is 0. The lowest BCUT2D eigenvalue weighted by molar-refractivity contribution is 0.0945. The number of carbonyl (C=O) groups is 1. The van der Waals surface area contributed by atoms with E-state index in [4.69, 9.17) is 5.26 Å². The first-order valence-corrected chi connectivity index (χ1v) is 6.07.